The first-order valence-electron chi connectivity index (χ1n) is 9.22. The van der Waals surface area contributed by atoms with Crippen molar-refractivity contribution in [1.29, 1.82) is 0 Å². The summed E-state index contributed by atoms with van der Waals surface area (Å²) in [7, 11) is 0. The monoisotopic (exact) mass is 327 g/mol. The first-order valence-corrected chi connectivity index (χ1v) is 9.22. The highest BCUT2D eigenvalue weighted by molar-refractivity contribution is 5.77. The largest absolute Gasteiger partial charge is 0.342 e. The van der Waals surface area contributed by atoms with Gasteiger partial charge in [0.05, 0.1) is 0 Å². The van der Waals surface area contributed by atoms with E-state index in [1.165, 1.54) is 19.4 Å². The summed E-state index contributed by atoms with van der Waals surface area (Å²) in [5.41, 5.74) is 1.38. The predicted molar refractivity (Wildman–Crippen MR) is 96.7 cm³/mol. The van der Waals surface area contributed by atoms with Gasteiger partial charge in [-0.15, -0.1) is 0 Å². The number of allylic oxidation sites excluding steroid dienone is 1. The van der Waals surface area contributed by atoms with Crippen LogP contribution in [-0.2, 0) is 11.2 Å². The lowest BCUT2D eigenvalue weighted by atomic mass is 9.73. The van der Waals surface area contributed by atoms with E-state index in [1.54, 1.807) is 0 Å². The number of nitrogens with zero attached hydrogens (tertiary/aromatic N) is 3. The number of carbonyl (C=O) groups is 1. The van der Waals surface area contributed by atoms with Gasteiger partial charge in [-0.1, -0.05) is 18.2 Å². The predicted octanol–water partition coefficient (Wildman–Crippen LogP) is 2.90. The summed E-state index contributed by atoms with van der Waals surface area (Å²) in [4.78, 5) is 21.4. The van der Waals surface area contributed by atoms with Crippen LogP contribution in [0, 0.1) is 5.41 Å². The molecule has 0 N–H and O–H groups in total. The highest BCUT2D eigenvalue weighted by Crippen LogP contribution is 2.38. The van der Waals surface area contributed by atoms with E-state index in [1.807, 2.05) is 24.4 Å². The van der Waals surface area contributed by atoms with Crippen LogP contribution >= 0.6 is 0 Å². The van der Waals surface area contributed by atoms with E-state index in [0.29, 0.717) is 17.7 Å². The van der Waals surface area contributed by atoms with E-state index >= 15 is 0 Å². The van der Waals surface area contributed by atoms with Gasteiger partial charge in [-0.05, 0) is 44.9 Å². The average molecular weight is 327 g/mol. The molecule has 4 nitrogen and oxygen atoms in total. The van der Waals surface area contributed by atoms with E-state index < -0.39 is 0 Å². The van der Waals surface area contributed by atoms with E-state index in [9.17, 15) is 4.79 Å². The number of pyridine rings is 1. The molecule has 3 rings (SSSR count). The molecule has 1 spiro atoms. The number of hydrogen-bond donors (Lipinski definition) is 0. The lowest BCUT2D eigenvalue weighted by Crippen LogP contribution is -2.54. The standard InChI is InChI=1S/C20H29N3O/c1-2-3-13-22-14-6-10-20(16-22)11-8-19(24)23(17-20)15-9-18-7-4-5-12-21-18/h2-5,7,12H,6,8-11,13-17H2,1H3/b3-2+/t20-/m0/s1. The Hall–Kier alpha value is -1.68. The molecule has 2 aliphatic heterocycles. The molecule has 1 aromatic rings. The van der Waals surface area contributed by atoms with Crippen molar-refractivity contribution >= 4 is 5.91 Å². The van der Waals surface area contributed by atoms with Gasteiger partial charge in [-0.25, -0.2) is 0 Å². The molecule has 1 amide bonds. The number of aromatic nitrogens is 1. The lowest BCUT2D eigenvalue weighted by molar-refractivity contribution is -0.139. The summed E-state index contributed by atoms with van der Waals surface area (Å²) in [6.07, 6.45) is 11.3. The quantitative estimate of drug-likeness (QED) is 0.780. The van der Waals surface area contributed by atoms with Crippen LogP contribution in [0.25, 0.3) is 0 Å². The maximum Gasteiger partial charge on any atom is 0.222 e. The van der Waals surface area contributed by atoms with Crippen molar-refractivity contribution in [1.82, 2.24) is 14.8 Å². The summed E-state index contributed by atoms with van der Waals surface area (Å²) < 4.78 is 0. The Morgan fingerprint density at radius 1 is 1.29 bits per heavy atom. The Balaban J connectivity index is 1.60. The fourth-order valence-electron chi connectivity index (χ4n) is 4.16. The van der Waals surface area contributed by atoms with Gasteiger partial charge in [0.1, 0.15) is 0 Å². The molecule has 0 aliphatic carbocycles. The summed E-state index contributed by atoms with van der Waals surface area (Å²) in [6, 6.07) is 6.00. The Labute approximate surface area is 145 Å². The molecule has 24 heavy (non-hydrogen) atoms. The van der Waals surface area contributed by atoms with E-state index in [0.717, 1.165) is 44.7 Å². The molecule has 0 bridgehead atoms. The van der Waals surface area contributed by atoms with Crippen molar-refractivity contribution in [2.24, 2.45) is 5.41 Å². The minimum absolute atomic E-state index is 0.303. The Morgan fingerprint density at radius 3 is 3.00 bits per heavy atom. The molecule has 0 saturated carbocycles. The van der Waals surface area contributed by atoms with Gasteiger partial charge in [0, 0.05) is 56.3 Å². The zero-order valence-electron chi connectivity index (χ0n) is 14.8. The van der Waals surface area contributed by atoms with Crippen LogP contribution in [0.15, 0.2) is 36.5 Å². The van der Waals surface area contributed by atoms with Crippen molar-refractivity contribution < 1.29 is 4.79 Å². The SMILES string of the molecule is C/C=C/CN1CCC[C@]2(CCC(=O)N(CCc3ccccn3)C2)C1. The molecule has 0 unspecified atom stereocenters. The van der Waals surface area contributed by atoms with Gasteiger partial charge < -0.3 is 4.90 Å². The second-order valence-electron chi connectivity index (χ2n) is 7.29. The van der Waals surface area contributed by atoms with Crippen LogP contribution in [-0.4, -0.2) is 53.4 Å². The van der Waals surface area contributed by atoms with Crippen LogP contribution in [0.4, 0.5) is 0 Å². The molecule has 130 valence electrons. The fraction of sp³-hybridized carbons (Fsp3) is 0.600. The highest BCUT2D eigenvalue weighted by atomic mass is 16.2. The van der Waals surface area contributed by atoms with E-state index in [4.69, 9.17) is 0 Å². The van der Waals surface area contributed by atoms with Gasteiger partial charge in [0.25, 0.3) is 0 Å². The minimum atomic E-state index is 0.303. The highest BCUT2D eigenvalue weighted by Gasteiger charge is 2.41. The van der Waals surface area contributed by atoms with E-state index in [-0.39, 0.29) is 0 Å². The number of carbonyl (C=O) groups excluding carboxylic acids is 1. The van der Waals surface area contributed by atoms with E-state index in [2.05, 4.69) is 33.9 Å². The Kier molecular flexibility index (Phi) is 5.67. The first-order chi connectivity index (χ1) is 11.7. The molecule has 3 heterocycles. The molecule has 2 saturated heterocycles. The topological polar surface area (TPSA) is 36.4 Å². The van der Waals surface area contributed by atoms with Gasteiger partial charge in [-0.3, -0.25) is 14.7 Å². The Bertz CT molecular complexity index is 572. The van der Waals surface area contributed by atoms with Crippen LogP contribution in [0.1, 0.15) is 38.3 Å². The van der Waals surface area contributed by atoms with Gasteiger partial charge in [-0.2, -0.15) is 0 Å². The average Bonchev–Trinajstić information content (AvgIpc) is 2.62. The lowest BCUT2D eigenvalue weighted by Gasteiger charge is -2.48. The fourth-order valence-corrected chi connectivity index (χ4v) is 4.16. The van der Waals surface area contributed by atoms with Crippen molar-refractivity contribution in [2.75, 3.05) is 32.7 Å². The second-order valence-corrected chi connectivity index (χ2v) is 7.29. The molecular formula is C20H29N3O. The molecule has 0 radical (unpaired) electrons. The summed E-state index contributed by atoms with van der Waals surface area (Å²) >= 11 is 0. The molecule has 2 fully saturated rings. The summed E-state index contributed by atoms with van der Waals surface area (Å²) in [5.74, 6) is 0.321. The van der Waals surface area contributed by atoms with Gasteiger partial charge >= 0.3 is 0 Å². The summed E-state index contributed by atoms with van der Waals surface area (Å²) in [6.45, 7) is 7.16. The third-order valence-corrected chi connectivity index (χ3v) is 5.45. The third-order valence-electron chi connectivity index (χ3n) is 5.45. The number of hydrogen-bond acceptors (Lipinski definition) is 3. The van der Waals surface area contributed by atoms with Gasteiger partial charge in [0.15, 0.2) is 0 Å². The second kappa shape index (κ2) is 7.93. The normalized spacial score (nSPS) is 25.7. The molecule has 4 heteroatoms. The van der Waals surface area contributed by atoms with Crippen LogP contribution in [0.2, 0.25) is 0 Å². The van der Waals surface area contributed by atoms with Crippen LogP contribution in [0.3, 0.4) is 0 Å². The van der Waals surface area contributed by atoms with Crippen molar-refractivity contribution in [2.45, 2.75) is 39.0 Å². The van der Waals surface area contributed by atoms with Crippen molar-refractivity contribution in [3.63, 3.8) is 0 Å². The summed E-state index contributed by atoms with van der Waals surface area (Å²) in [5, 5.41) is 0. The maximum absolute atomic E-state index is 12.4. The molecule has 1 aromatic heterocycles. The smallest absolute Gasteiger partial charge is 0.222 e. The third kappa shape index (κ3) is 4.23. The van der Waals surface area contributed by atoms with Crippen molar-refractivity contribution in [3.05, 3.63) is 42.2 Å². The molecule has 2 aliphatic rings. The first kappa shape index (κ1) is 17.2. The Morgan fingerprint density at radius 2 is 2.21 bits per heavy atom. The zero-order valence-corrected chi connectivity index (χ0v) is 14.8. The van der Waals surface area contributed by atoms with Crippen molar-refractivity contribution in [3.8, 4) is 0 Å². The maximum atomic E-state index is 12.4. The zero-order chi connectivity index (χ0) is 16.8. The van der Waals surface area contributed by atoms with Crippen LogP contribution < -0.4 is 0 Å². The molecular weight excluding hydrogens is 298 g/mol. The minimum Gasteiger partial charge on any atom is -0.342 e. The van der Waals surface area contributed by atoms with Crippen LogP contribution in [0.5, 0.6) is 0 Å². The molecule has 0 aromatic carbocycles. The number of piperidine rings is 2. The van der Waals surface area contributed by atoms with Gasteiger partial charge in [0.2, 0.25) is 5.91 Å². The number of rotatable bonds is 5. The number of likely N-dealkylation sites (tertiary alicyclic amines) is 2. The molecule has 1 atom stereocenters. The number of amides is 1.